The first kappa shape index (κ1) is 26.0. The van der Waals surface area contributed by atoms with Crippen molar-refractivity contribution >= 4 is 23.1 Å². The first-order chi connectivity index (χ1) is 19.0. The molecule has 0 amide bonds. The van der Waals surface area contributed by atoms with Crippen molar-refractivity contribution in [3.63, 3.8) is 0 Å². The predicted octanol–water partition coefficient (Wildman–Crippen LogP) is 4.62. The maximum absolute atomic E-state index is 15.2. The zero-order valence-corrected chi connectivity index (χ0v) is 22.7. The van der Waals surface area contributed by atoms with E-state index in [2.05, 4.69) is 42.1 Å². The quantitative estimate of drug-likeness (QED) is 0.556. The highest BCUT2D eigenvalue weighted by Gasteiger charge is 2.43. The molecule has 1 saturated heterocycles. The van der Waals surface area contributed by atoms with Gasteiger partial charge in [-0.3, -0.25) is 9.91 Å². The van der Waals surface area contributed by atoms with Gasteiger partial charge in [-0.1, -0.05) is 31.9 Å². The van der Waals surface area contributed by atoms with E-state index in [1.165, 1.54) is 18.9 Å². The van der Waals surface area contributed by atoms with Crippen LogP contribution in [0.15, 0.2) is 47.6 Å². The number of likely N-dealkylation sites (N-methyl/N-ethyl adjacent to an activating group) is 1. The molecule has 6 rings (SSSR count). The highest BCUT2D eigenvalue weighted by Crippen LogP contribution is 2.42. The van der Waals surface area contributed by atoms with Crippen molar-refractivity contribution in [3.8, 4) is 0 Å². The summed E-state index contributed by atoms with van der Waals surface area (Å²) in [6, 6.07) is 4.00. The van der Waals surface area contributed by atoms with Gasteiger partial charge in [0.05, 0.1) is 12.2 Å². The van der Waals surface area contributed by atoms with Crippen molar-refractivity contribution in [1.82, 2.24) is 29.8 Å². The van der Waals surface area contributed by atoms with Gasteiger partial charge in [0.2, 0.25) is 5.95 Å². The largest absolute Gasteiger partial charge is 0.309 e. The average Bonchev–Trinajstić information content (AvgIpc) is 3.59. The van der Waals surface area contributed by atoms with Gasteiger partial charge in [0.25, 0.3) is 0 Å². The summed E-state index contributed by atoms with van der Waals surface area (Å²) in [4.78, 5) is 18.0. The summed E-state index contributed by atoms with van der Waals surface area (Å²) in [5, 5.41) is 9.48. The van der Waals surface area contributed by atoms with Crippen LogP contribution in [0, 0.1) is 17.7 Å². The van der Waals surface area contributed by atoms with E-state index < -0.39 is 11.6 Å². The molecule has 206 valence electrons. The van der Waals surface area contributed by atoms with E-state index in [-0.39, 0.29) is 23.6 Å². The van der Waals surface area contributed by atoms with Crippen LogP contribution in [0.3, 0.4) is 0 Å². The van der Waals surface area contributed by atoms with E-state index in [0.717, 1.165) is 63.9 Å². The Bertz CT molecular complexity index is 1280. The zero-order valence-electron chi connectivity index (χ0n) is 22.7. The topological polar surface area (TPSA) is 72.8 Å². The number of hydrazone groups is 1. The fourth-order valence-electron chi connectivity index (χ4n) is 6.44. The lowest BCUT2D eigenvalue weighted by Gasteiger charge is -2.33. The first-order valence-electron chi connectivity index (χ1n) is 14.1. The summed E-state index contributed by atoms with van der Waals surface area (Å²) in [5.74, 6) is -0.000599. The lowest BCUT2D eigenvalue weighted by Crippen LogP contribution is -2.45. The number of anilines is 2. The van der Waals surface area contributed by atoms with Gasteiger partial charge in [0, 0.05) is 57.5 Å². The number of halogens is 2. The molecule has 0 aromatic carbocycles. The summed E-state index contributed by atoms with van der Waals surface area (Å²) >= 11 is 0. The number of piperazine rings is 1. The van der Waals surface area contributed by atoms with Crippen LogP contribution in [0.4, 0.5) is 20.5 Å². The molecule has 10 heteroatoms. The van der Waals surface area contributed by atoms with E-state index in [1.54, 1.807) is 0 Å². The Balaban J connectivity index is 1.17. The van der Waals surface area contributed by atoms with Crippen LogP contribution < -0.4 is 5.32 Å². The third-order valence-electron chi connectivity index (χ3n) is 8.55. The molecule has 2 aromatic heterocycles. The molecule has 4 heterocycles. The summed E-state index contributed by atoms with van der Waals surface area (Å²) in [7, 11) is 1.91. The molecule has 0 spiro atoms. The van der Waals surface area contributed by atoms with Crippen LogP contribution in [-0.4, -0.2) is 81.3 Å². The summed E-state index contributed by atoms with van der Waals surface area (Å²) < 4.78 is 30.1. The molecule has 1 saturated carbocycles. The third kappa shape index (κ3) is 5.45. The molecule has 0 bridgehead atoms. The van der Waals surface area contributed by atoms with Crippen molar-refractivity contribution in [2.45, 2.75) is 45.2 Å². The maximum Gasteiger partial charge on any atom is 0.229 e. The maximum atomic E-state index is 15.2. The lowest BCUT2D eigenvalue weighted by atomic mass is 9.81. The second-order valence-electron chi connectivity index (χ2n) is 11.0. The van der Waals surface area contributed by atoms with Crippen molar-refractivity contribution in [2.75, 3.05) is 45.1 Å². The minimum Gasteiger partial charge on any atom is -0.309 e. The summed E-state index contributed by atoms with van der Waals surface area (Å²) in [6.45, 7) is 8.45. The number of rotatable bonds is 7. The Kier molecular flexibility index (Phi) is 7.40. The average molecular weight is 535 g/mol. The molecule has 39 heavy (non-hydrogen) atoms. The molecule has 2 fully saturated rings. The monoisotopic (exact) mass is 534 g/mol. The van der Waals surface area contributed by atoms with Crippen molar-refractivity contribution in [1.29, 1.82) is 0 Å². The fourth-order valence-corrected chi connectivity index (χ4v) is 6.44. The smallest absolute Gasteiger partial charge is 0.229 e. The van der Waals surface area contributed by atoms with E-state index in [9.17, 15) is 4.39 Å². The van der Waals surface area contributed by atoms with Gasteiger partial charge < -0.3 is 10.2 Å². The molecule has 2 atom stereocenters. The number of nitrogens with one attached hydrogen (secondary N) is 1. The molecule has 2 unspecified atom stereocenters. The Morgan fingerprint density at radius 3 is 2.49 bits per heavy atom. The number of hydrogen-bond acceptors (Lipinski definition) is 8. The van der Waals surface area contributed by atoms with Gasteiger partial charge in [-0.25, -0.2) is 23.7 Å². The van der Waals surface area contributed by atoms with Crippen molar-refractivity contribution < 1.29 is 8.78 Å². The molecule has 2 aromatic rings. The molecular weight excluding hydrogens is 498 g/mol. The number of hydrogen-bond donors (Lipinski definition) is 1. The minimum atomic E-state index is -0.591. The first-order valence-corrected chi connectivity index (χ1v) is 14.1. The van der Waals surface area contributed by atoms with Crippen LogP contribution in [0.2, 0.25) is 0 Å². The van der Waals surface area contributed by atoms with Crippen molar-refractivity contribution in [2.24, 2.45) is 16.9 Å². The number of aromatic nitrogens is 3. The second kappa shape index (κ2) is 11.1. The number of pyridine rings is 1. The van der Waals surface area contributed by atoms with Crippen molar-refractivity contribution in [3.05, 3.63) is 59.6 Å². The molecular formula is C29H36F2N8. The van der Waals surface area contributed by atoms with Crippen LogP contribution in [-0.2, 0) is 6.54 Å². The molecule has 1 N–H and O–H groups in total. The molecule has 4 aliphatic rings. The minimum absolute atomic E-state index is 0.0734. The predicted molar refractivity (Wildman–Crippen MR) is 149 cm³/mol. The SMILES string of the molecule is CCN1CCN(Cc2ccc(Nc3ncc(F)c(C4=CC5C(=NN(C)C5C5CCCC5)C(F)=C4)n3)nc2)CC1. The number of allylic oxidation sites excluding steroid dienone is 3. The number of nitrogens with zero attached hydrogens (tertiary/aromatic N) is 7. The normalized spacial score (nSPS) is 24.4. The van der Waals surface area contributed by atoms with Gasteiger partial charge >= 0.3 is 0 Å². The Hall–Kier alpha value is -3.24. The van der Waals surface area contributed by atoms with Gasteiger partial charge in [-0.05, 0) is 43.0 Å². The van der Waals surface area contributed by atoms with E-state index >= 15 is 4.39 Å². The van der Waals surface area contributed by atoms with E-state index in [4.69, 9.17) is 0 Å². The van der Waals surface area contributed by atoms with Gasteiger partial charge in [-0.15, -0.1) is 0 Å². The molecule has 2 aliphatic heterocycles. The Morgan fingerprint density at radius 1 is 1.00 bits per heavy atom. The Labute approximate surface area is 228 Å². The zero-order chi connectivity index (χ0) is 26.9. The van der Waals surface area contributed by atoms with E-state index in [0.29, 0.717) is 23.0 Å². The van der Waals surface area contributed by atoms with Crippen LogP contribution in [0.1, 0.15) is 43.9 Å². The van der Waals surface area contributed by atoms with E-state index in [1.807, 2.05) is 36.5 Å². The lowest BCUT2D eigenvalue weighted by molar-refractivity contribution is 0.132. The van der Waals surface area contributed by atoms with Crippen LogP contribution >= 0.6 is 0 Å². The van der Waals surface area contributed by atoms with Crippen LogP contribution in [0.25, 0.3) is 5.57 Å². The summed E-state index contributed by atoms with van der Waals surface area (Å²) in [5.41, 5.74) is 2.06. The highest BCUT2D eigenvalue weighted by atomic mass is 19.1. The molecule has 8 nitrogen and oxygen atoms in total. The standard InChI is InChI=1S/C29H36F2N8/c1-3-38-10-12-39(13-11-38)18-19-8-9-25(32-16-19)34-29-33-17-24(31)26(35-29)21-14-22-27(23(30)15-21)36-37(2)28(22)20-6-4-5-7-20/h8-9,14-17,20,22,28H,3-7,10-13,18H2,1-2H3,(H,32,33,34,35). The Morgan fingerprint density at radius 2 is 1.77 bits per heavy atom. The van der Waals surface area contributed by atoms with Gasteiger partial charge in [-0.2, -0.15) is 5.10 Å². The second-order valence-corrected chi connectivity index (χ2v) is 11.0. The molecule has 2 aliphatic carbocycles. The summed E-state index contributed by atoms with van der Waals surface area (Å²) in [6.07, 6.45) is 10.8. The van der Waals surface area contributed by atoms with Gasteiger partial charge in [0.15, 0.2) is 5.82 Å². The van der Waals surface area contributed by atoms with Crippen LogP contribution in [0.5, 0.6) is 0 Å². The highest BCUT2D eigenvalue weighted by molar-refractivity contribution is 6.07. The molecule has 0 radical (unpaired) electrons. The number of fused-ring (bicyclic) bond motifs is 1. The third-order valence-corrected chi connectivity index (χ3v) is 8.55. The fraction of sp³-hybridized carbons (Fsp3) is 0.517. The van der Waals surface area contributed by atoms with Gasteiger partial charge in [0.1, 0.15) is 23.1 Å².